The van der Waals surface area contributed by atoms with E-state index in [0.717, 1.165) is 5.56 Å². The summed E-state index contributed by atoms with van der Waals surface area (Å²) in [6, 6.07) is 21.0. The second kappa shape index (κ2) is 8.57. The Hall–Kier alpha value is -3.99. The summed E-state index contributed by atoms with van der Waals surface area (Å²) in [6.45, 7) is 0. The predicted molar refractivity (Wildman–Crippen MR) is 102 cm³/mol. The van der Waals surface area contributed by atoms with Crippen molar-refractivity contribution in [3.63, 3.8) is 0 Å². The molecule has 150 valence electrons. The molecule has 0 aliphatic rings. The quantitative estimate of drug-likeness (QED) is 0.231. The smallest absolute Gasteiger partial charge is 0.340 e. The fourth-order valence-electron chi connectivity index (χ4n) is 2.74. The first kappa shape index (κ1) is 20.7. The Bertz CT molecular complexity index is 1120. The van der Waals surface area contributed by atoms with E-state index in [9.17, 15) is 20.2 Å². The fourth-order valence-corrected chi connectivity index (χ4v) is 2.74. The molecule has 4 rings (SSSR count). The van der Waals surface area contributed by atoms with Gasteiger partial charge in [-0.3, -0.25) is 20.2 Å². The second-order valence-electron chi connectivity index (χ2n) is 6.02. The molecule has 0 bridgehead atoms. The lowest BCUT2D eigenvalue weighted by atomic mass is 10.2. The minimum atomic E-state index is -0.481. The highest BCUT2D eigenvalue weighted by atomic mass is 79.9. The van der Waals surface area contributed by atoms with E-state index >= 15 is 0 Å². The Kier molecular flexibility index (Phi) is 5.93. The molecule has 0 amide bonds. The normalized spacial score (nSPS) is 10.3. The van der Waals surface area contributed by atoms with Crippen LogP contribution in [0, 0.1) is 20.2 Å². The molecule has 1 heterocycles. The average molecular weight is 469 g/mol. The predicted octanol–water partition coefficient (Wildman–Crippen LogP) is 0.0314. The number of aromatic nitrogens is 4. The third-order valence-corrected chi connectivity index (χ3v) is 4.17. The number of non-ortho nitro benzene ring substituents is 2. The monoisotopic (exact) mass is 468 g/mol. The van der Waals surface area contributed by atoms with Gasteiger partial charge in [-0.15, -0.1) is 0 Å². The maximum absolute atomic E-state index is 10.9. The summed E-state index contributed by atoms with van der Waals surface area (Å²) in [5.41, 5.74) is 1.79. The van der Waals surface area contributed by atoms with Gasteiger partial charge in [0.1, 0.15) is 5.69 Å². The van der Waals surface area contributed by atoms with Gasteiger partial charge in [0.25, 0.3) is 11.4 Å². The van der Waals surface area contributed by atoms with Crippen LogP contribution in [0.2, 0.25) is 0 Å². The van der Waals surface area contributed by atoms with Gasteiger partial charge in [-0.2, -0.15) is 0 Å². The number of hydrogen-bond donors (Lipinski definition) is 0. The van der Waals surface area contributed by atoms with E-state index in [2.05, 4.69) is 10.2 Å². The number of hydrogen-bond acceptors (Lipinski definition) is 6. The van der Waals surface area contributed by atoms with Crippen LogP contribution in [-0.4, -0.2) is 24.8 Å². The summed E-state index contributed by atoms with van der Waals surface area (Å²) in [4.78, 5) is 23.8. The molecule has 0 atom stereocenters. The van der Waals surface area contributed by atoms with Gasteiger partial charge in [0, 0.05) is 29.1 Å². The van der Waals surface area contributed by atoms with Gasteiger partial charge in [0.2, 0.25) is 0 Å². The molecule has 30 heavy (non-hydrogen) atoms. The van der Waals surface area contributed by atoms with E-state index in [1.807, 2.05) is 30.3 Å². The van der Waals surface area contributed by atoms with Crippen LogP contribution >= 0.6 is 0 Å². The Morgan fingerprint density at radius 2 is 1.30 bits per heavy atom. The lowest BCUT2D eigenvalue weighted by Crippen LogP contribution is -3.00. The van der Waals surface area contributed by atoms with Crippen molar-refractivity contribution >= 4 is 11.4 Å². The summed E-state index contributed by atoms with van der Waals surface area (Å²) in [7, 11) is 0. The molecule has 0 saturated heterocycles. The van der Waals surface area contributed by atoms with Crippen molar-refractivity contribution in [1.82, 2.24) is 15.0 Å². The topological polar surface area (TPSA) is 121 Å². The minimum absolute atomic E-state index is 0. The van der Waals surface area contributed by atoms with Crippen LogP contribution in [0.25, 0.3) is 22.8 Å². The molecule has 3 aromatic carbocycles. The van der Waals surface area contributed by atoms with Crippen LogP contribution in [0.1, 0.15) is 0 Å². The largest absolute Gasteiger partial charge is 1.00 e. The minimum Gasteiger partial charge on any atom is -1.00 e. The van der Waals surface area contributed by atoms with Crippen molar-refractivity contribution < 1.29 is 31.6 Å². The zero-order chi connectivity index (χ0) is 20.4. The maximum Gasteiger partial charge on any atom is 0.340 e. The number of halogens is 1. The van der Waals surface area contributed by atoms with Gasteiger partial charge < -0.3 is 17.0 Å². The van der Waals surface area contributed by atoms with Crippen LogP contribution in [0.4, 0.5) is 11.4 Å². The number of rotatable bonds is 5. The second-order valence-corrected chi connectivity index (χ2v) is 6.02. The molecule has 1 aromatic heterocycles. The van der Waals surface area contributed by atoms with E-state index < -0.39 is 9.85 Å². The molecule has 10 nitrogen and oxygen atoms in total. The van der Waals surface area contributed by atoms with Crippen LogP contribution in [-0.2, 0) is 0 Å². The molecular weight excluding hydrogens is 456 g/mol. The lowest BCUT2D eigenvalue weighted by Gasteiger charge is -1.99. The number of benzene rings is 3. The first-order chi connectivity index (χ1) is 14.0. The summed E-state index contributed by atoms with van der Waals surface area (Å²) in [5, 5.41) is 30.9. The molecule has 4 aromatic rings. The van der Waals surface area contributed by atoms with Gasteiger partial charge in [-0.25, -0.2) is 0 Å². The molecular formula is C19H13BrN6O4. The Labute approximate surface area is 180 Å². The molecule has 11 heteroatoms. The van der Waals surface area contributed by atoms with Crippen LogP contribution in [0.5, 0.6) is 0 Å². The Balaban J connectivity index is 0.00000256. The first-order valence-corrected chi connectivity index (χ1v) is 8.48. The van der Waals surface area contributed by atoms with Gasteiger partial charge in [-0.1, -0.05) is 18.2 Å². The SMILES string of the molecule is O=[N+]([O-])c1ccc(-n2nc(-c3ccccc3)n[n+]2-c2ccc([N+](=O)[O-])cc2)cc1.[Br-]. The third kappa shape index (κ3) is 4.05. The molecule has 0 spiro atoms. The van der Waals surface area contributed by atoms with E-state index in [0.29, 0.717) is 17.2 Å². The maximum atomic E-state index is 10.9. The van der Waals surface area contributed by atoms with Crippen molar-refractivity contribution in [1.29, 1.82) is 0 Å². The van der Waals surface area contributed by atoms with Crippen LogP contribution < -0.4 is 21.8 Å². The Morgan fingerprint density at radius 1 is 0.767 bits per heavy atom. The molecule has 0 unspecified atom stereocenters. The van der Waals surface area contributed by atoms with Gasteiger partial charge >= 0.3 is 5.82 Å². The summed E-state index contributed by atoms with van der Waals surface area (Å²) in [6.07, 6.45) is 0. The summed E-state index contributed by atoms with van der Waals surface area (Å²) in [5.74, 6) is 0.433. The van der Waals surface area contributed by atoms with Gasteiger partial charge in [-0.05, 0) is 46.3 Å². The zero-order valence-corrected chi connectivity index (χ0v) is 16.8. The van der Waals surface area contributed by atoms with E-state index in [1.54, 1.807) is 24.3 Å². The number of tetrazole rings is 1. The van der Waals surface area contributed by atoms with E-state index in [4.69, 9.17) is 0 Å². The molecule has 0 saturated carbocycles. The van der Waals surface area contributed by atoms with Crippen molar-refractivity contribution in [2.45, 2.75) is 0 Å². The standard InChI is InChI=1S/C19H13N6O4.BrH/c26-24(27)17-10-6-15(7-11-17)22-20-19(14-4-2-1-3-5-14)21-23(22)16-8-12-18(13-9-16)25(28)29;/h1-13H;1H/q+1;/p-1. The van der Waals surface area contributed by atoms with E-state index in [-0.39, 0.29) is 28.4 Å². The number of nitro benzene ring substituents is 2. The average Bonchev–Trinajstić information content (AvgIpc) is 3.20. The van der Waals surface area contributed by atoms with Gasteiger partial charge in [0.05, 0.1) is 20.5 Å². The fraction of sp³-hybridized carbons (Fsp3) is 0. The molecule has 0 aliphatic carbocycles. The number of nitrogens with zero attached hydrogens (tertiary/aromatic N) is 6. The molecule has 0 fully saturated rings. The highest BCUT2D eigenvalue weighted by Crippen LogP contribution is 2.18. The summed E-state index contributed by atoms with van der Waals surface area (Å²) < 4.78 is 0. The van der Waals surface area contributed by atoms with E-state index in [1.165, 1.54) is 33.9 Å². The lowest BCUT2D eigenvalue weighted by molar-refractivity contribution is -0.734. The van der Waals surface area contributed by atoms with Crippen LogP contribution in [0.15, 0.2) is 78.9 Å². The Morgan fingerprint density at radius 3 is 1.83 bits per heavy atom. The molecule has 0 N–H and O–H groups in total. The number of nitro groups is 2. The van der Waals surface area contributed by atoms with Crippen molar-refractivity contribution in [2.75, 3.05) is 0 Å². The third-order valence-electron chi connectivity index (χ3n) is 4.17. The zero-order valence-electron chi connectivity index (χ0n) is 15.2. The van der Waals surface area contributed by atoms with Gasteiger partial charge in [0.15, 0.2) is 5.69 Å². The van der Waals surface area contributed by atoms with Crippen molar-refractivity contribution in [3.8, 4) is 22.8 Å². The van der Waals surface area contributed by atoms with Crippen molar-refractivity contribution in [2.24, 2.45) is 0 Å². The molecule has 0 aliphatic heterocycles. The summed E-state index contributed by atoms with van der Waals surface area (Å²) >= 11 is 0. The van der Waals surface area contributed by atoms with Crippen LogP contribution in [0.3, 0.4) is 0 Å². The highest BCUT2D eigenvalue weighted by Gasteiger charge is 2.24. The first-order valence-electron chi connectivity index (χ1n) is 8.48. The van der Waals surface area contributed by atoms with Crippen molar-refractivity contribution in [3.05, 3.63) is 99.1 Å². The molecule has 0 radical (unpaired) electrons. The highest BCUT2D eigenvalue weighted by molar-refractivity contribution is 5.53.